The molecule has 0 aliphatic carbocycles. The van der Waals surface area contributed by atoms with Crippen LogP contribution in [-0.4, -0.2) is 62.3 Å². The molecule has 1 aliphatic heterocycles. The summed E-state index contributed by atoms with van der Waals surface area (Å²) >= 11 is 0. The lowest BCUT2D eigenvalue weighted by atomic mass is 10.1. The second-order valence-electron chi connectivity index (χ2n) is 5.94. The zero-order valence-electron chi connectivity index (χ0n) is 14.6. The third-order valence-electron chi connectivity index (χ3n) is 4.12. The van der Waals surface area contributed by atoms with Gasteiger partial charge in [-0.3, -0.25) is 9.48 Å². The Hall–Kier alpha value is -2.55. The van der Waals surface area contributed by atoms with Crippen LogP contribution in [0.3, 0.4) is 0 Å². The van der Waals surface area contributed by atoms with Gasteiger partial charge in [0, 0.05) is 38.3 Å². The number of morpholine rings is 1. The maximum atomic E-state index is 12.7. The van der Waals surface area contributed by atoms with Gasteiger partial charge >= 0.3 is 0 Å². The molecule has 1 fully saturated rings. The fraction of sp³-hybridized carbons (Fsp3) is 0.562. The molecule has 3 heterocycles. The number of aryl methyl sites for hydroxylation is 2. The van der Waals surface area contributed by atoms with E-state index >= 15 is 0 Å². The first-order valence-electron chi connectivity index (χ1n) is 8.40. The average Bonchev–Trinajstić information content (AvgIpc) is 3.14. The number of nitrogens with zero attached hydrogens (tertiary/aromatic N) is 6. The number of carbonyl (C=O) groups excluding carboxylic acids is 1. The summed E-state index contributed by atoms with van der Waals surface area (Å²) in [6, 6.07) is 1.62. The number of carbonyl (C=O) groups is 1. The minimum atomic E-state index is -0.250. The summed E-state index contributed by atoms with van der Waals surface area (Å²) in [6.45, 7) is 4.10. The average molecular weight is 345 g/mol. The first kappa shape index (κ1) is 17.3. The third kappa shape index (κ3) is 4.30. The lowest BCUT2D eigenvalue weighted by Crippen LogP contribution is -2.44. The number of aromatic nitrogens is 5. The fourth-order valence-corrected chi connectivity index (χ4v) is 2.87. The summed E-state index contributed by atoms with van der Waals surface area (Å²) in [5.74, 6) is 1.45. The van der Waals surface area contributed by atoms with Gasteiger partial charge in [0.2, 0.25) is 5.91 Å². The van der Waals surface area contributed by atoms with Crippen molar-refractivity contribution in [1.82, 2.24) is 29.6 Å². The Morgan fingerprint density at radius 3 is 3.08 bits per heavy atom. The summed E-state index contributed by atoms with van der Waals surface area (Å²) in [6.07, 6.45) is 4.31. The number of anilines is 1. The minimum absolute atomic E-state index is 0.0875. The van der Waals surface area contributed by atoms with Gasteiger partial charge in [0.05, 0.1) is 13.2 Å². The zero-order valence-corrected chi connectivity index (χ0v) is 14.6. The Balaban J connectivity index is 1.67. The van der Waals surface area contributed by atoms with Crippen molar-refractivity contribution in [3.05, 3.63) is 30.2 Å². The highest BCUT2D eigenvalue weighted by molar-refractivity contribution is 5.76. The monoisotopic (exact) mass is 345 g/mol. The Morgan fingerprint density at radius 2 is 2.32 bits per heavy atom. The molecule has 25 heavy (non-hydrogen) atoms. The number of nitrogens with one attached hydrogen (secondary N) is 1. The third-order valence-corrected chi connectivity index (χ3v) is 4.12. The molecule has 3 rings (SSSR count). The normalized spacial score (nSPS) is 17.5. The molecule has 0 aromatic carbocycles. The van der Waals surface area contributed by atoms with E-state index < -0.39 is 0 Å². The number of hydrogen-bond acceptors (Lipinski definition) is 7. The van der Waals surface area contributed by atoms with Crippen molar-refractivity contribution in [1.29, 1.82) is 0 Å². The molecule has 2 aromatic rings. The SMILES string of the molecule is CNc1cc(C)nc(C2COCCN2C(=O)CCCn2cncn2)n1. The van der Waals surface area contributed by atoms with Crippen LogP contribution in [0.2, 0.25) is 0 Å². The van der Waals surface area contributed by atoms with E-state index in [1.807, 2.05) is 24.9 Å². The highest BCUT2D eigenvalue weighted by Crippen LogP contribution is 2.24. The van der Waals surface area contributed by atoms with Crippen molar-refractivity contribution in [3.8, 4) is 0 Å². The lowest BCUT2D eigenvalue weighted by Gasteiger charge is -2.35. The highest BCUT2D eigenvalue weighted by atomic mass is 16.5. The van der Waals surface area contributed by atoms with Crippen molar-refractivity contribution in [2.75, 3.05) is 32.1 Å². The summed E-state index contributed by atoms with van der Waals surface area (Å²) in [4.78, 5) is 27.5. The van der Waals surface area contributed by atoms with Gasteiger partial charge in [-0.2, -0.15) is 5.10 Å². The fourth-order valence-electron chi connectivity index (χ4n) is 2.87. The quantitative estimate of drug-likeness (QED) is 0.827. The van der Waals surface area contributed by atoms with Crippen molar-refractivity contribution in [2.45, 2.75) is 32.4 Å². The number of rotatable bonds is 6. The van der Waals surface area contributed by atoms with Crippen LogP contribution in [0.1, 0.15) is 30.4 Å². The molecule has 9 nitrogen and oxygen atoms in total. The van der Waals surface area contributed by atoms with Crippen LogP contribution < -0.4 is 5.32 Å². The standard InChI is InChI=1S/C16H23N7O2/c1-12-8-14(17-2)21-16(20-12)13-9-25-7-6-23(13)15(24)4-3-5-22-11-18-10-19-22/h8,10-11,13H,3-7,9H2,1-2H3,(H,17,20,21). The minimum Gasteiger partial charge on any atom is -0.377 e. The number of amides is 1. The Morgan fingerprint density at radius 1 is 1.44 bits per heavy atom. The van der Waals surface area contributed by atoms with Gasteiger partial charge in [-0.1, -0.05) is 0 Å². The molecule has 1 saturated heterocycles. The van der Waals surface area contributed by atoms with Crippen LogP contribution in [0.4, 0.5) is 5.82 Å². The van der Waals surface area contributed by atoms with Crippen molar-refractivity contribution in [3.63, 3.8) is 0 Å². The Labute approximate surface area is 146 Å². The van der Waals surface area contributed by atoms with Crippen molar-refractivity contribution >= 4 is 11.7 Å². The molecular weight excluding hydrogens is 322 g/mol. The van der Waals surface area contributed by atoms with Gasteiger partial charge in [0.25, 0.3) is 0 Å². The molecule has 0 radical (unpaired) electrons. The van der Waals surface area contributed by atoms with E-state index in [4.69, 9.17) is 4.74 Å². The second kappa shape index (κ2) is 8.02. The molecule has 134 valence electrons. The highest BCUT2D eigenvalue weighted by Gasteiger charge is 2.30. The molecule has 1 aliphatic rings. The molecule has 1 unspecified atom stereocenters. The first-order chi connectivity index (χ1) is 12.2. The van der Waals surface area contributed by atoms with E-state index in [1.165, 1.54) is 6.33 Å². The summed E-state index contributed by atoms with van der Waals surface area (Å²) in [5, 5.41) is 7.08. The first-order valence-corrected chi connectivity index (χ1v) is 8.40. The summed E-state index contributed by atoms with van der Waals surface area (Å²) in [7, 11) is 1.82. The van der Waals surface area contributed by atoms with Crippen LogP contribution >= 0.6 is 0 Å². The Bertz CT molecular complexity index is 705. The van der Waals surface area contributed by atoms with Crippen LogP contribution in [0.15, 0.2) is 18.7 Å². The predicted octanol–water partition coefficient (Wildman–Crippen LogP) is 0.799. The molecule has 1 N–H and O–H groups in total. The van der Waals surface area contributed by atoms with Crippen molar-refractivity contribution < 1.29 is 9.53 Å². The van der Waals surface area contributed by atoms with Crippen LogP contribution in [0, 0.1) is 6.92 Å². The van der Waals surface area contributed by atoms with Gasteiger partial charge in [0.1, 0.15) is 24.5 Å². The van der Waals surface area contributed by atoms with Crippen LogP contribution in [0.25, 0.3) is 0 Å². The lowest BCUT2D eigenvalue weighted by molar-refractivity contribution is -0.140. The maximum absolute atomic E-state index is 12.7. The second-order valence-corrected chi connectivity index (χ2v) is 5.94. The van der Waals surface area contributed by atoms with E-state index in [2.05, 4.69) is 25.4 Å². The largest absolute Gasteiger partial charge is 0.377 e. The van der Waals surface area contributed by atoms with E-state index in [0.717, 1.165) is 11.5 Å². The van der Waals surface area contributed by atoms with E-state index in [-0.39, 0.29) is 11.9 Å². The van der Waals surface area contributed by atoms with Gasteiger partial charge in [-0.25, -0.2) is 15.0 Å². The van der Waals surface area contributed by atoms with E-state index in [0.29, 0.717) is 45.0 Å². The van der Waals surface area contributed by atoms with E-state index in [9.17, 15) is 4.79 Å². The summed E-state index contributed by atoms with van der Waals surface area (Å²) < 4.78 is 7.31. The molecule has 0 saturated carbocycles. The molecule has 1 amide bonds. The molecule has 9 heteroatoms. The predicted molar refractivity (Wildman–Crippen MR) is 90.8 cm³/mol. The van der Waals surface area contributed by atoms with Gasteiger partial charge in [0.15, 0.2) is 5.82 Å². The van der Waals surface area contributed by atoms with Crippen LogP contribution in [-0.2, 0) is 16.1 Å². The van der Waals surface area contributed by atoms with Gasteiger partial charge in [-0.05, 0) is 13.3 Å². The van der Waals surface area contributed by atoms with Gasteiger partial charge in [-0.15, -0.1) is 0 Å². The van der Waals surface area contributed by atoms with Gasteiger partial charge < -0.3 is 15.0 Å². The smallest absolute Gasteiger partial charge is 0.223 e. The number of ether oxygens (including phenoxy) is 1. The molecule has 0 bridgehead atoms. The maximum Gasteiger partial charge on any atom is 0.223 e. The topological polar surface area (TPSA) is 98.1 Å². The molecule has 2 aromatic heterocycles. The molecule has 1 atom stereocenters. The summed E-state index contributed by atoms with van der Waals surface area (Å²) in [5.41, 5.74) is 0.860. The van der Waals surface area contributed by atoms with E-state index in [1.54, 1.807) is 11.0 Å². The Kier molecular flexibility index (Phi) is 5.54. The van der Waals surface area contributed by atoms with Crippen LogP contribution in [0.5, 0.6) is 0 Å². The molecular formula is C16H23N7O2. The number of hydrogen-bond donors (Lipinski definition) is 1. The van der Waals surface area contributed by atoms with Crippen molar-refractivity contribution in [2.24, 2.45) is 0 Å². The zero-order chi connectivity index (χ0) is 17.6. The molecule has 0 spiro atoms.